The molecule has 2 aromatic carbocycles. The van der Waals surface area contributed by atoms with Gasteiger partial charge in [-0.25, -0.2) is 9.67 Å². The van der Waals surface area contributed by atoms with Crippen molar-refractivity contribution in [3.05, 3.63) is 84.7 Å². The molecule has 0 fully saturated rings. The number of hydrogen-bond donors (Lipinski definition) is 0. The van der Waals surface area contributed by atoms with Gasteiger partial charge in [-0.15, -0.1) is 5.10 Å². The zero-order valence-electron chi connectivity index (χ0n) is 16.7. The maximum atomic E-state index is 5.60. The molecule has 3 aromatic heterocycles. The fraction of sp³-hybridized carbons (Fsp3) is 0.130. The highest BCUT2D eigenvalue weighted by atomic mass is 16.5. The number of fused-ring (bicyclic) bond motifs is 1. The molecule has 0 bridgehead atoms. The number of rotatable bonds is 5. The summed E-state index contributed by atoms with van der Waals surface area (Å²) in [6.07, 6.45) is 5.66. The van der Waals surface area contributed by atoms with Crippen LogP contribution in [-0.2, 0) is 6.54 Å². The number of hydrogen-bond acceptors (Lipinski definition) is 5. The fourth-order valence-corrected chi connectivity index (χ4v) is 3.47. The summed E-state index contributed by atoms with van der Waals surface area (Å²) in [4.78, 5) is 9.00. The SMILES string of the molecule is COc1cc(-c2cn(Cc3ccc4ccccc4n3)nn2)ccc1-n1cnc(C)c1. The lowest BCUT2D eigenvalue weighted by Crippen LogP contribution is -2.02. The van der Waals surface area contributed by atoms with E-state index < -0.39 is 0 Å². The van der Waals surface area contributed by atoms with Crippen molar-refractivity contribution >= 4 is 10.9 Å². The molecule has 0 saturated heterocycles. The number of aryl methyl sites for hydroxylation is 1. The zero-order chi connectivity index (χ0) is 20.5. The molecular weight excluding hydrogens is 376 g/mol. The molecule has 0 saturated carbocycles. The predicted octanol–water partition coefficient (Wildman–Crippen LogP) is 4.04. The normalized spacial score (nSPS) is 11.1. The maximum Gasteiger partial charge on any atom is 0.143 e. The highest BCUT2D eigenvalue weighted by Crippen LogP contribution is 2.29. The number of nitrogens with zero attached hydrogens (tertiary/aromatic N) is 6. The average molecular weight is 396 g/mol. The van der Waals surface area contributed by atoms with Crippen LogP contribution in [0.15, 0.2) is 73.3 Å². The number of methoxy groups -OCH3 is 1. The molecule has 148 valence electrons. The zero-order valence-corrected chi connectivity index (χ0v) is 16.7. The Morgan fingerprint density at radius 2 is 1.90 bits per heavy atom. The van der Waals surface area contributed by atoms with Gasteiger partial charge in [0, 0.05) is 17.1 Å². The molecule has 0 aliphatic heterocycles. The Morgan fingerprint density at radius 1 is 1.00 bits per heavy atom. The Hall–Kier alpha value is -4.00. The smallest absolute Gasteiger partial charge is 0.143 e. The molecule has 3 heterocycles. The van der Waals surface area contributed by atoms with Crippen LogP contribution in [0.25, 0.3) is 27.8 Å². The van der Waals surface area contributed by atoms with Gasteiger partial charge in [-0.1, -0.05) is 35.5 Å². The Balaban J connectivity index is 1.41. The standard InChI is InChI=1S/C23H20N6O/c1-16-12-28(15-24-16)22-10-8-18(11-23(22)30-2)21-14-29(27-26-21)13-19-9-7-17-5-3-4-6-20(17)25-19/h3-12,14-15H,13H2,1-2H3. The molecule has 7 nitrogen and oxygen atoms in total. The first-order valence-corrected chi connectivity index (χ1v) is 9.64. The molecule has 30 heavy (non-hydrogen) atoms. The second-order valence-electron chi connectivity index (χ2n) is 7.11. The monoisotopic (exact) mass is 396 g/mol. The Bertz CT molecular complexity index is 1340. The van der Waals surface area contributed by atoms with Gasteiger partial charge >= 0.3 is 0 Å². The molecule has 5 rings (SSSR count). The Kier molecular flexibility index (Phi) is 4.48. The molecule has 5 aromatic rings. The Morgan fingerprint density at radius 3 is 2.73 bits per heavy atom. The van der Waals surface area contributed by atoms with E-state index in [1.165, 1.54) is 0 Å². The third-order valence-electron chi connectivity index (χ3n) is 4.98. The van der Waals surface area contributed by atoms with E-state index in [1.807, 2.05) is 66.3 Å². The number of para-hydroxylation sites is 1. The van der Waals surface area contributed by atoms with E-state index in [-0.39, 0.29) is 0 Å². The van der Waals surface area contributed by atoms with Crippen LogP contribution >= 0.6 is 0 Å². The lowest BCUT2D eigenvalue weighted by Gasteiger charge is -2.10. The number of ether oxygens (including phenoxy) is 1. The summed E-state index contributed by atoms with van der Waals surface area (Å²) in [6.45, 7) is 2.52. The third kappa shape index (κ3) is 3.41. The van der Waals surface area contributed by atoms with Gasteiger partial charge in [0.1, 0.15) is 11.4 Å². The Labute approximate surface area is 173 Å². The fourth-order valence-electron chi connectivity index (χ4n) is 3.47. The van der Waals surface area contributed by atoms with Crippen LogP contribution in [0.2, 0.25) is 0 Å². The van der Waals surface area contributed by atoms with Crippen molar-refractivity contribution in [2.45, 2.75) is 13.5 Å². The van der Waals surface area contributed by atoms with Gasteiger partial charge in [-0.3, -0.25) is 4.98 Å². The topological polar surface area (TPSA) is 70.7 Å². The highest BCUT2D eigenvalue weighted by Gasteiger charge is 2.11. The van der Waals surface area contributed by atoms with E-state index in [1.54, 1.807) is 18.1 Å². The van der Waals surface area contributed by atoms with Crippen molar-refractivity contribution in [2.75, 3.05) is 7.11 Å². The first kappa shape index (κ1) is 18.1. The maximum absolute atomic E-state index is 5.60. The first-order valence-electron chi connectivity index (χ1n) is 9.64. The molecule has 0 radical (unpaired) electrons. The minimum Gasteiger partial charge on any atom is -0.495 e. The second-order valence-corrected chi connectivity index (χ2v) is 7.11. The summed E-state index contributed by atoms with van der Waals surface area (Å²) in [5.74, 6) is 0.746. The molecule has 0 spiro atoms. The lowest BCUT2D eigenvalue weighted by molar-refractivity contribution is 0.413. The van der Waals surface area contributed by atoms with Crippen molar-refractivity contribution in [3.63, 3.8) is 0 Å². The van der Waals surface area contributed by atoms with Gasteiger partial charge in [0.2, 0.25) is 0 Å². The number of aromatic nitrogens is 6. The van der Waals surface area contributed by atoms with Gasteiger partial charge in [0.25, 0.3) is 0 Å². The molecule has 0 amide bonds. The second kappa shape index (κ2) is 7.44. The summed E-state index contributed by atoms with van der Waals surface area (Å²) >= 11 is 0. The van der Waals surface area contributed by atoms with Crippen molar-refractivity contribution in [1.29, 1.82) is 0 Å². The summed E-state index contributed by atoms with van der Waals surface area (Å²) in [6, 6.07) is 18.2. The van der Waals surface area contributed by atoms with Crippen molar-refractivity contribution in [3.8, 4) is 22.7 Å². The lowest BCUT2D eigenvalue weighted by atomic mass is 10.1. The van der Waals surface area contributed by atoms with Crippen LogP contribution in [0.1, 0.15) is 11.4 Å². The van der Waals surface area contributed by atoms with Crippen LogP contribution in [-0.4, -0.2) is 36.6 Å². The van der Waals surface area contributed by atoms with Gasteiger partial charge in [-0.2, -0.15) is 0 Å². The number of benzene rings is 2. The summed E-state index contributed by atoms with van der Waals surface area (Å²) in [7, 11) is 1.66. The van der Waals surface area contributed by atoms with E-state index in [9.17, 15) is 0 Å². The van der Waals surface area contributed by atoms with E-state index in [2.05, 4.69) is 27.4 Å². The van der Waals surface area contributed by atoms with Gasteiger partial charge < -0.3 is 9.30 Å². The molecule has 0 unspecified atom stereocenters. The van der Waals surface area contributed by atoms with Crippen LogP contribution < -0.4 is 4.74 Å². The highest BCUT2D eigenvalue weighted by molar-refractivity contribution is 5.78. The van der Waals surface area contributed by atoms with Crippen LogP contribution in [0.3, 0.4) is 0 Å². The third-order valence-corrected chi connectivity index (χ3v) is 4.98. The molecule has 0 N–H and O–H groups in total. The van der Waals surface area contributed by atoms with E-state index in [0.29, 0.717) is 6.54 Å². The number of imidazole rings is 1. The molecular formula is C23H20N6O. The predicted molar refractivity (Wildman–Crippen MR) is 115 cm³/mol. The van der Waals surface area contributed by atoms with Gasteiger partial charge in [0.05, 0.1) is 48.8 Å². The minimum absolute atomic E-state index is 0.557. The summed E-state index contributed by atoms with van der Waals surface area (Å²) in [5, 5.41) is 9.74. The summed E-state index contributed by atoms with van der Waals surface area (Å²) < 4.78 is 9.34. The van der Waals surface area contributed by atoms with Crippen molar-refractivity contribution < 1.29 is 4.74 Å². The van der Waals surface area contributed by atoms with E-state index in [4.69, 9.17) is 9.72 Å². The first-order chi connectivity index (χ1) is 14.7. The van der Waals surface area contributed by atoms with Gasteiger partial charge in [-0.05, 0) is 31.2 Å². The van der Waals surface area contributed by atoms with Crippen LogP contribution in [0, 0.1) is 6.92 Å². The quantitative estimate of drug-likeness (QED) is 0.448. The molecule has 0 atom stereocenters. The summed E-state index contributed by atoms with van der Waals surface area (Å²) in [5.41, 5.74) is 5.51. The minimum atomic E-state index is 0.557. The molecule has 7 heteroatoms. The van der Waals surface area contributed by atoms with E-state index in [0.717, 1.165) is 45.0 Å². The van der Waals surface area contributed by atoms with E-state index >= 15 is 0 Å². The van der Waals surface area contributed by atoms with Crippen molar-refractivity contribution in [2.24, 2.45) is 0 Å². The van der Waals surface area contributed by atoms with Gasteiger partial charge in [0.15, 0.2) is 0 Å². The van der Waals surface area contributed by atoms with Crippen LogP contribution in [0.4, 0.5) is 0 Å². The largest absolute Gasteiger partial charge is 0.495 e. The van der Waals surface area contributed by atoms with Crippen LogP contribution in [0.5, 0.6) is 5.75 Å². The average Bonchev–Trinajstić information content (AvgIpc) is 3.42. The molecule has 0 aliphatic rings. The number of pyridine rings is 1. The molecule has 0 aliphatic carbocycles. The van der Waals surface area contributed by atoms with Crippen molar-refractivity contribution in [1.82, 2.24) is 29.5 Å².